The largest absolute Gasteiger partial charge is 0.497 e. The fourth-order valence-corrected chi connectivity index (χ4v) is 5.91. The van der Waals surface area contributed by atoms with Crippen molar-refractivity contribution >= 4 is 43.7 Å². The summed E-state index contributed by atoms with van der Waals surface area (Å²) in [5.74, 6) is 0.822. The zero-order valence-corrected chi connectivity index (χ0v) is 20.3. The maximum absolute atomic E-state index is 13.7. The highest BCUT2D eigenvalue weighted by Gasteiger charge is 2.28. The predicted molar refractivity (Wildman–Crippen MR) is 136 cm³/mol. The van der Waals surface area contributed by atoms with Crippen molar-refractivity contribution in [3.63, 3.8) is 0 Å². The Labute approximate surface area is 204 Å². The molecule has 1 fully saturated rings. The van der Waals surface area contributed by atoms with Gasteiger partial charge < -0.3 is 14.5 Å². The number of halogens is 1. The van der Waals surface area contributed by atoms with E-state index in [2.05, 4.69) is 14.8 Å². The van der Waals surface area contributed by atoms with Crippen molar-refractivity contribution in [1.29, 1.82) is 0 Å². The average molecular weight is 494 g/mol. The molecule has 0 saturated carbocycles. The van der Waals surface area contributed by atoms with E-state index in [1.165, 1.54) is 18.3 Å². The van der Waals surface area contributed by atoms with E-state index in [1.807, 2.05) is 48.5 Å². The van der Waals surface area contributed by atoms with E-state index in [9.17, 15) is 8.42 Å². The van der Waals surface area contributed by atoms with E-state index in [0.29, 0.717) is 23.8 Å². The predicted octanol–water partition coefficient (Wildman–Crippen LogP) is 5.06. The number of nitrogens with zero attached hydrogens (tertiary/aromatic N) is 3. The van der Waals surface area contributed by atoms with E-state index in [1.54, 1.807) is 19.2 Å². The summed E-state index contributed by atoms with van der Waals surface area (Å²) in [6.45, 7) is 2.90. The Balaban J connectivity index is 1.52. The molecule has 0 unspecified atom stereocenters. The third-order valence-corrected chi connectivity index (χ3v) is 8.18. The smallest absolute Gasteiger partial charge is 0.210 e. The van der Waals surface area contributed by atoms with Crippen LogP contribution in [0.3, 0.4) is 0 Å². The van der Waals surface area contributed by atoms with Crippen LogP contribution in [0.15, 0.2) is 88.8 Å². The van der Waals surface area contributed by atoms with Crippen LogP contribution in [-0.4, -0.2) is 46.7 Å². The van der Waals surface area contributed by atoms with E-state index in [0.717, 1.165) is 35.4 Å². The molecule has 0 spiro atoms. The molecule has 0 bridgehead atoms. The molecule has 8 heteroatoms. The van der Waals surface area contributed by atoms with E-state index in [-0.39, 0.29) is 9.79 Å². The van der Waals surface area contributed by atoms with E-state index < -0.39 is 9.84 Å². The number of anilines is 2. The third-order valence-electron chi connectivity index (χ3n) is 6.16. The zero-order chi connectivity index (χ0) is 23.7. The minimum atomic E-state index is -3.79. The lowest BCUT2D eigenvalue weighted by Gasteiger charge is -2.38. The number of fused-ring (bicyclic) bond motifs is 1. The molecular formula is C26H24ClN3O3S. The summed E-state index contributed by atoms with van der Waals surface area (Å²) >= 11 is 5.99. The Hall–Kier alpha value is -3.29. The summed E-state index contributed by atoms with van der Waals surface area (Å²) in [6, 6.07) is 21.9. The van der Waals surface area contributed by atoms with Crippen molar-refractivity contribution < 1.29 is 13.2 Å². The first-order chi connectivity index (χ1) is 16.5. The normalized spacial score (nSPS) is 14.4. The Morgan fingerprint density at radius 3 is 2.18 bits per heavy atom. The van der Waals surface area contributed by atoms with Crippen LogP contribution in [0.5, 0.6) is 5.75 Å². The molecule has 0 aliphatic carbocycles. The van der Waals surface area contributed by atoms with Crippen LogP contribution < -0.4 is 14.5 Å². The maximum atomic E-state index is 13.7. The fraction of sp³-hybridized carbons (Fsp3) is 0.192. The molecule has 0 atom stereocenters. The highest BCUT2D eigenvalue weighted by atomic mass is 35.5. The first kappa shape index (κ1) is 22.5. The summed E-state index contributed by atoms with van der Waals surface area (Å²) in [5, 5.41) is 1.32. The quantitative estimate of drug-likeness (QED) is 0.387. The number of hydrogen-bond donors (Lipinski definition) is 0. The molecule has 6 nitrogen and oxygen atoms in total. The van der Waals surface area contributed by atoms with Crippen LogP contribution in [0.1, 0.15) is 0 Å². The van der Waals surface area contributed by atoms with Crippen molar-refractivity contribution in [2.24, 2.45) is 0 Å². The molecule has 5 rings (SSSR count). The summed E-state index contributed by atoms with van der Waals surface area (Å²) in [4.78, 5) is 9.34. The number of aromatic nitrogens is 1. The van der Waals surface area contributed by atoms with Gasteiger partial charge in [-0.05, 0) is 54.6 Å². The number of methoxy groups -OCH3 is 1. The van der Waals surface area contributed by atoms with Gasteiger partial charge in [0.2, 0.25) is 9.84 Å². The molecule has 1 aliphatic rings. The van der Waals surface area contributed by atoms with Gasteiger partial charge in [-0.1, -0.05) is 29.8 Å². The number of rotatable bonds is 5. The van der Waals surface area contributed by atoms with Crippen molar-refractivity contribution in [3.05, 3.63) is 84.0 Å². The fourth-order valence-electron chi connectivity index (χ4n) is 4.35. The van der Waals surface area contributed by atoms with Gasteiger partial charge in [0, 0.05) is 48.5 Å². The van der Waals surface area contributed by atoms with Crippen LogP contribution in [0.2, 0.25) is 5.02 Å². The van der Waals surface area contributed by atoms with Crippen molar-refractivity contribution in [2.75, 3.05) is 43.1 Å². The Morgan fingerprint density at radius 2 is 1.50 bits per heavy atom. The van der Waals surface area contributed by atoms with E-state index >= 15 is 0 Å². The second kappa shape index (κ2) is 9.16. The Morgan fingerprint density at radius 1 is 0.853 bits per heavy atom. The molecule has 1 aliphatic heterocycles. The molecule has 2 heterocycles. The lowest BCUT2D eigenvalue weighted by Crippen LogP contribution is -2.47. The molecule has 0 N–H and O–H groups in total. The minimum Gasteiger partial charge on any atom is -0.497 e. The highest BCUT2D eigenvalue weighted by Crippen LogP contribution is 2.36. The highest BCUT2D eigenvalue weighted by molar-refractivity contribution is 7.91. The van der Waals surface area contributed by atoms with Crippen LogP contribution >= 0.6 is 11.6 Å². The van der Waals surface area contributed by atoms with Crippen molar-refractivity contribution in [1.82, 2.24) is 4.98 Å². The molecular weight excluding hydrogens is 470 g/mol. The van der Waals surface area contributed by atoms with Gasteiger partial charge in [-0.25, -0.2) is 8.42 Å². The molecule has 34 heavy (non-hydrogen) atoms. The number of ether oxygens (including phenoxy) is 1. The number of sulfone groups is 1. The number of benzene rings is 3. The van der Waals surface area contributed by atoms with Crippen LogP contribution in [0, 0.1) is 0 Å². The second-order valence-corrected chi connectivity index (χ2v) is 10.5. The van der Waals surface area contributed by atoms with Gasteiger partial charge in [0.1, 0.15) is 10.6 Å². The van der Waals surface area contributed by atoms with Gasteiger partial charge in [0.25, 0.3) is 0 Å². The summed E-state index contributed by atoms with van der Waals surface area (Å²) < 4.78 is 32.6. The molecule has 1 saturated heterocycles. The van der Waals surface area contributed by atoms with Gasteiger partial charge in [0.15, 0.2) is 0 Å². The van der Waals surface area contributed by atoms with Crippen molar-refractivity contribution in [3.8, 4) is 5.75 Å². The number of hydrogen-bond acceptors (Lipinski definition) is 6. The van der Waals surface area contributed by atoms with E-state index in [4.69, 9.17) is 16.3 Å². The molecule has 4 aromatic rings. The summed E-state index contributed by atoms with van der Waals surface area (Å²) in [5.41, 5.74) is 2.59. The second-order valence-electron chi connectivity index (χ2n) is 8.12. The van der Waals surface area contributed by atoms with Gasteiger partial charge >= 0.3 is 0 Å². The molecule has 174 valence electrons. The standard InChI is InChI=1S/C26H24ClN3O3S/c1-33-21-10-8-20(9-11-21)29-14-16-30(17-15-29)26-23-4-2-3-5-24(23)28-18-25(26)34(31,32)22-12-6-19(27)7-13-22/h2-13,18H,14-17H2,1H3. The summed E-state index contributed by atoms with van der Waals surface area (Å²) in [6.07, 6.45) is 1.48. The van der Waals surface area contributed by atoms with Gasteiger partial charge in [-0.3, -0.25) is 4.98 Å². The maximum Gasteiger partial charge on any atom is 0.210 e. The van der Waals surface area contributed by atoms with Gasteiger partial charge in [-0.15, -0.1) is 0 Å². The minimum absolute atomic E-state index is 0.201. The number of piperazine rings is 1. The number of pyridine rings is 1. The van der Waals surface area contributed by atoms with Gasteiger partial charge in [0.05, 0.1) is 23.2 Å². The first-order valence-electron chi connectivity index (χ1n) is 11.0. The van der Waals surface area contributed by atoms with Crippen molar-refractivity contribution in [2.45, 2.75) is 9.79 Å². The van der Waals surface area contributed by atoms with Crippen LogP contribution in [0.4, 0.5) is 11.4 Å². The van der Waals surface area contributed by atoms with Crippen LogP contribution in [-0.2, 0) is 9.84 Å². The topological polar surface area (TPSA) is 62.7 Å². The Kier molecular flexibility index (Phi) is 6.06. The monoisotopic (exact) mass is 493 g/mol. The lowest BCUT2D eigenvalue weighted by molar-refractivity contribution is 0.415. The molecule has 3 aromatic carbocycles. The molecule has 0 radical (unpaired) electrons. The Bertz CT molecular complexity index is 1420. The molecule has 1 aromatic heterocycles. The zero-order valence-electron chi connectivity index (χ0n) is 18.7. The third kappa shape index (κ3) is 4.17. The number of para-hydroxylation sites is 1. The average Bonchev–Trinajstić information content (AvgIpc) is 2.88. The molecule has 0 amide bonds. The lowest BCUT2D eigenvalue weighted by atomic mass is 10.1. The van der Waals surface area contributed by atoms with Gasteiger partial charge in [-0.2, -0.15) is 0 Å². The van der Waals surface area contributed by atoms with Crippen LogP contribution in [0.25, 0.3) is 10.9 Å². The summed E-state index contributed by atoms with van der Waals surface area (Å²) in [7, 11) is -2.14. The first-order valence-corrected chi connectivity index (χ1v) is 12.9. The SMILES string of the molecule is COc1ccc(N2CCN(c3c(S(=O)(=O)c4ccc(Cl)cc4)cnc4ccccc34)CC2)cc1.